The molecular formula is C38H46N2O11. The van der Waals surface area contributed by atoms with Crippen LogP contribution in [0.3, 0.4) is 0 Å². The zero-order valence-corrected chi connectivity index (χ0v) is 30.2. The number of ether oxygens (including phenoxy) is 4. The number of nitrogens with zero attached hydrogens (tertiary/aromatic N) is 2. The largest absolute Gasteiger partial charge is 0.507 e. The molecule has 0 saturated heterocycles. The zero-order chi connectivity index (χ0) is 37.7. The number of hydrogen-bond acceptors (Lipinski definition) is 13. The van der Waals surface area contributed by atoms with Gasteiger partial charge >= 0.3 is 11.8 Å². The van der Waals surface area contributed by atoms with Crippen LogP contribution in [0.15, 0.2) is 36.8 Å². The summed E-state index contributed by atoms with van der Waals surface area (Å²) in [5, 5.41) is 56.8. The summed E-state index contributed by atoms with van der Waals surface area (Å²) in [4.78, 5) is 35.2. The lowest BCUT2D eigenvalue weighted by Gasteiger charge is -2.38. The van der Waals surface area contributed by atoms with Gasteiger partial charge in [-0.25, -0.2) is 9.97 Å². The molecule has 13 heteroatoms. The smallest absolute Gasteiger partial charge is 0.312 e. The molecule has 3 aliphatic heterocycles. The molecule has 274 valence electrons. The van der Waals surface area contributed by atoms with Gasteiger partial charge in [-0.3, -0.25) is 9.59 Å². The van der Waals surface area contributed by atoms with Crippen LogP contribution in [0.25, 0.3) is 27.2 Å². The number of phenols is 3. The quantitative estimate of drug-likeness (QED) is 0.132. The summed E-state index contributed by atoms with van der Waals surface area (Å²) in [5.41, 5.74) is 0.551. The summed E-state index contributed by atoms with van der Waals surface area (Å²) in [5.74, 6) is -6.61. The topological polar surface area (TPSA) is 198 Å². The van der Waals surface area contributed by atoms with E-state index in [2.05, 4.69) is 9.97 Å². The van der Waals surface area contributed by atoms with Crippen molar-refractivity contribution in [2.45, 2.75) is 85.6 Å². The predicted octanol–water partition coefficient (Wildman–Crippen LogP) is 5.22. The number of allylic oxidation sites excluding steroid dienone is 3. The van der Waals surface area contributed by atoms with Gasteiger partial charge in [-0.05, 0) is 25.5 Å². The fraction of sp³-hybridized carbons (Fsp3) is 0.474. The van der Waals surface area contributed by atoms with Crippen LogP contribution in [0.2, 0.25) is 0 Å². The van der Waals surface area contributed by atoms with Gasteiger partial charge in [-0.2, -0.15) is 0 Å². The third-order valence-electron chi connectivity index (χ3n) is 10.3. The predicted molar refractivity (Wildman–Crippen MR) is 188 cm³/mol. The van der Waals surface area contributed by atoms with Crippen molar-refractivity contribution in [3.63, 3.8) is 0 Å². The lowest BCUT2D eigenvalue weighted by molar-refractivity contribution is -0.160. The van der Waals surface area contributed by atoms with Crippen LogP contribution < -0.4 is 4.74 Å². The highest BCUT2D eigenvalue weighted by atomic mass is 16.7. The number of aliphatic hydroxyl groups excluding tert-OH is 2. The van der Waals surface area contributed by atoms with E-state index in [0.717, 1.165) is 0 Å². The highest BCUT2D eigenvalue weighted by Gasteiger charge is 2.49. The lowest BCUT2D eigenvalue weighted by atomic mass is 9.78. The molecule has 0 radical (unpaired) electrons. The second-order valence-corrected chi connectivity index (χ2v) is 13.8. The summed E-state index contributed by atoms with van der Waals surface area (Å²) in [6, 6.07) is 0. The first-order chi connectivity index (χ1) is 23.9. The summed E-state index contributed by atoms with van der Waals surface area (Å²) < 4.78 is 23.4. The van der Waals surface area contributed by atoms with Crippen LogP contribution >= 0.6 is 0 Å². The molecule has 0 fully saturated rings. The molecule has 0 amide bonds. The number of methoxy groups -OCH3 is 1. The molecule has 9 unspecified atom stereocenters. The second-order valence-electron chi connectivity index (χ2n) is 13.8. The maximum Gasteiger partial charge on any atom is 0.312 e. The lowest BCUT2D eigenvalue weighted by Crippen LogP contribution is -2.46. The molecule has 0 spiro atoms. The van der Waals surface area contributed by atoms with E-state index in [1.165, 1.54) is 46.4 Å². The third kappa shape index (κ3) is 6.49. The van der Waals surface area contributed by atoms with Crippen LogP contribution in [0.1, 0.15) is 70.2 Å². The number of carbonyl (C=O) groups is 2. The molecule has 5 N–H and O–H groups in total. The number of fused-ring (bicyclic) bond motifs is 12. The first-order valence-corrected chi connectivity index (χ1v) is 16.8. The average molecular weight is 707 g/mol. The number of hydrogen-bond donors (Lipinski definition) is 5. The fourth-order valence-corrected chi connectivity index (χ4v) is 7.08. The van der Waals surface area contributed by atoms with Crippen LogP contribution in [0.5, 0.6) is 23.0 Å². The Bertz CT molecular complexity index is 1970. The zero-order valence-electron chi connectivity index (χ0n) is 30.2. The van der Waals surface area contributed by atoms with Gasteiger partial charge in [0.05, 0.1) is 40.9 Å². The number of aliphatic hydroxyl groups is 2. The van der Waals surface area contributed by atoms with Crippen molar-refractivity contribution in [1.29, 1.82) is 0 Å². The van der Waals surface area contributed by atoms with Crippen LogP contribution in [-0.2, 0) is 19.0 Å². The van der Waals surface area contributed by atoms with E-state index in [1.807, 2.05) is 6.92 Å². The number of carbonyl (C=O) groups excluding carboxylic acids is 2. The van der Waals surface area contributed by atoms with Crippen molar-refractivity contribution < 1.29 is 54.1 Å². The van der Waals surface area contributed by atoms with Crippen molar-refractivity contribution in [3.05, 3.63) is 53.7 Å². The minimum Gasteiger partial charge on any atom is -0.507 e. The fourth-order valence-electron chi connectivity index (χ4n) is 7.08. The molecule has 13 nitrogen and oxygen atoms in total. The highest BCUT2D eigenvalue weighted by Crippen LogP contribution is 2.54. The normalized spacial score (nSPS) is 32.5. The van der Waals surface area contributed by atoms with Crippen molar-refractivity contribution in [2.24, 2.45) is 23.7 Å². The number of aromatic hydroxyl groups is 3. The molecule has 7 bridgehead atoms. The molecule has 0 aliphatic carbocycles. The first kappa shape index (κ1) is 37.5. The van der Waals surface area contributed by atoms with Gasteiger partial charge in [0.2, 0.25) is 0 Å². The number of ketones is 1. The van der Waals surface area contributed by atoms with Gasteiger partial charge in [0.25, 0.3) is 5.78 Å². The summed E-state index contributed by atoms with van der Waals surface area (Å²) in [6.07, 6.45) is 5.58. The molecule has 6 rings (SSSR count). The number of rotatable bonds is 2. The maximum atomic E-state index is 14.1. The molecule has 3 aliphatic rings. The maximum absolute atomic E-state index is 14.1. The van der Waals surface area contributed by atoms with Crippen LogP contribution in [0.4, 0.5) is 0 Å². The molecule has 1 aromatic heterocycles. The van der Waals surface area contributed by atoms with E-state index in [9.17, 15) is 35.1 Å². The van der Waals surface area contributed by atoms with Gasteiger partial charge in [-0.1, -0.05) is 45.9 Å². The number of phenolic OH excluding ortho intramolecular Hbond substituents is 3. The second kappa shape index (κ2) is 14.1. The van der Waals surface area contributed by atoms with Crippen molar-refractivity contribution in [2.75, 3.05) is 7.11 Å². The summed E-state index contributed by atoms with van der Waals surface area (Å²) in [7, 11) is 1.45. The summed E-state index contributed by atoms with van der Waals surface area (Å²) >= 11 is 0. The summed E-state index contributed by atoms with van der Waals surface area (Å²) in [6.45, 7) is 12.9. The molecule has 9 atom stereocenters. The Kier molecular flexibility index (Phi) is 10.4. The Labute approximate surface area is 295 Å². The van der Waals surface area contributed by atoms with Gasteiger partial charge in [0.15, 0.2) is 11.6 Å². The molecule has 3 aromatic rings. The Balaban J connectivity index is 1.70. The Morgan fingerprint density at radius 2 is 1.63 bits per heavy atom. The number of benzene rings is 2. The van der Waals surface area contributed by atoms with Gasteiger partial charge in [-0.15, -0.1) is 0 Å². The molecular weight excluding hydrogens is 660 g/mol. The Morgan fingerprint density at radius 3 is 2.27 bits per heavy atom. The Morgan fingerprint density at radius 1 is 0.941 bits per heavy atom. The first-order valence-electron chi connectivity index (χ1n) is 16.8. The highest BCUT2D eigenvalue weighted by molar-refractivity contribution is 6.23. The van der Waals surface area contributed by atoms with E-state index in [4.69, 9.17) is 18.9 Å². The van der Waals surface area contributed by atoms with E-state index >= 15 is 0 Å². The van der Waals surface area contributed by atoms with Gasteiger partial charge < -0.3 is 44.5 Å². The number of esters is 1. The van der Waals surface area contributed by atoms with Crippen molar-refractivity contribution in [1.82, 2.24) is 9.97 Å². The number of aromatic nitrogens is 2. The van der Waals surface area contributed by atoms with Crippen molar-refractivity contribution in [3.8, 4) is 23.0 Å². The van der Waals surface area contributed by atoms with E-state index < -0.39 is 82.9 Å². The molecule has 0 saturated carbocycles. The van der Waals surface area contributed by atoms with E-state index in [-0.39, 0.29) is 44.4 Å². The standard InChI is InChI=1S/C38H46N2O11/c1-16-11-10-12-17(2)37-39-15-23-28(40-37)33(46)26-25(32(23)45)27-35(21(6)31(26)44)51-38(8,36(27)47)49-14-13-24(48-9)18(3)34(50-22(7)41)20(5)30(43)19(4)29(16)42/h10-16,18-20,24,29-30,34,42-46H,1-9H3/b11-10+,14-13-,17-12-. The van der Waals surface area contributed by atoms with Gasteiger partial charge in [0, 0.05) is 61.8 Å². The molecule has 4 heterocycles. The molecule has 2 aromatic carbocycles. The minimum atomic E-state index is -1.96. The van der Waals surface area contributed by atoms with Crippen LogP contribution in [-0.4, -0.2) is 84.6 Å². The SMILES string of the molecule is COC1/C=C\OC2(C)Oc3c(C)c(O)c4c(O)c5nc(ncc5c(O)c4c3C2=O)/C(C)=C\C=C\C(C)C(O)C(C)C(O)C(C)C(OC(C)=O)C1C. The Hall–Kier alpha value is -4.72. The van der Waals surface area contributed by atoms with Gasteiger partial charge in [0.1, 0.15) is 28.9 Å². The average Bonchev–Trinajstić information content (AvgIpc) is 3.36. The van der Waals surface area contributed by atoms with E-state index in [1.54, 1.807) is 45.9 Å². The van der Waals surface area contributed by atoms with Crippen molar-refractivity contribution >= 4 is 39.0 Å². The third-order valence-corrected chi connectivity index (χ3v) is 10.3. The monoisotopic (exact) mass is 706 g/mol. The van der Waals surface area contributed by atoms with Crippen LogP contribution in [0, 0.1) is 30.6 Å². The minimum absolute atomic E-state index is 0.0343. The van der Waals surface area contributed by atoms with E-state index in [0.29, 0.717) is 5.57 Å². The molecule has 51 heavy (non-hydrogen) atoms. The number of Topliss-reactive ketones (excluding diaryl/α,β-unsaturated/α-hetero) is 1.